The average molecular weight is 291 g/mol. The molecule has 1 N–H and O–H groups in total. The number of carboxylic acids is 1. The van der Waals surface area contributed by atoms with Crippen molar-refractivity contribution in [2.45, 2.75) is 25.6 Å². The van der Waals surface area contributed by atoms with E-state index in [1.807, 2.05) is 0 Å². The lowest BCUT2D eigenvalue weighted by Crippen LogP contribution is -2.47. The molecule has 2 unspecified atom stereocenters. The molecule has 1 fully saturated rings. The monoisotopic (exact) mass is 291 g/mol. The van der Waals surface area contributed by atoms with Crippen molar-refractivity contribution in [3.05, 3.63) is 18.0 Å². The van der Waals surface area contributed by atoms with E-state index in [-0.39, 0.29) is 12.6 Å². The molecular formula is C12H16F3N3O2. The number of alkyl halides is 3. The number of halogens is 3. The minimum atomic E-state index is -4.75. The quantitative estimate of drug-likeness (QED) is 0.923. The molecule has 2 rings (SSSR count). The molecule has 0 aliphatic carbocycles. The van der Waals surface area contributed by atoms with Gasteiger partial charge in [-0.1, -0.05) is 0 Å². The van der Waals surface area contributed by atoms with Crippen molar-refractivity contribution in [2.24, 2.45) is 12.5 Å². The van der Waals surface area contributed by atoms with Crippen LogP contribution in [0.3, 0.4) is 0 Å². The normalized spacial score (nSPS) is 25.9. The zero-order chi connectivity index (χ0) is 15.1. The van der Waals surface area contributed by atoms with Crippen LogP contribution in [0.4, 0.5) is 13.2 Å². The first-order valence-electron chi connectivity index (χ1n) is 6.21. The van der Waals surface area contributed by atoms with Crippen LogP contribution < -0.4 is 0 Å². The third-order valence-electron chi connectivity index (χ3n) is 4.09. The maximum absolute atomic E-state index is 13.1. The van der Waals surface area contributed by atoms with Crippen molar-refractivity contribution in [1.29, 1.82) is 0 Å². The van der Waals surface area contributed by atoms with Crippen LogP contribution in [0.15, 0.2) is 12.3 Å². The van der Waals surface area contributed by atoms with Crippen molar-refractivity contribution in [3.8, 4) is 0 Å². The van der Waals surface area contributed by atoms with Crippen molar-refractivity contribution in [3.63, 3.8) is 0 Å². The van der Waals surface area contributed by atoms with Gasteiger partial charge < -0.3 is 5.11 Å². The molecule has 8 heteroatoms. The Morgan fingerprint density at radius 2 is 2.20 bits per heavy atom. The molecule has 0 aromatic carbocycles. The SMILES string of the molecule is CC(c1ccnn1C)N1CCC(C(=O)O)(C(F)(F)F)C1. The molecule has 5 nitrogen and oxygen atoms in total. The van der Waals surface area contributed by atoms with E-state index >= 15 is 0 Å². The molecule has 0 spiro atoms. The Labute approximate surface area is 114 Å². The van der Waals surface area contributed by atoms with E-state index in [1.165, 1.54) is 0 Å². The molecule has 20 heavy (non-hydrogen) atoms. The summed E-state index contributed by atoms with van der Waals surface area (Å²) in [6.45, 7) is 1.32. The predicted molar refractivity (Wildman–Crippen MR) is 63.9 cm³/mol. The third-order valence-corrected chi connectivity index (χ3v) is 4.09. The maximum Gasteiger partial charge on any atom is 0.406 e. The van der Waals surface area contributed by atoms with Gasteiger partial charge in [0.25, 0.3) is 0 Å². The van der Waals surface area contributed by atoms with E-state index in [0.717, 1.165) is 5.69 Å². The number of aliphatic carboxylic acids is 1. The number of hydrogen-bond acceptors (Lipinski definition) is 3. The standard InChI is InChI=1S/C12H16F3N3O2/c1-8(9-3-5-16-17(9)2)18-6-4-11(7-18,10(19)20)12(13,14)15/h3,5,8H,4,6-7H2,1-2H3,(H,19,20). The molecule has 1 aromatic rings. The highest BCUT2D eigenvalue weighted by atomic mass is 19.4. The predicted octanol–water partition coefficient (Wildman–Crippen LogP) is 1.82. The van der Waals surface area contributed by atoms with Crippen LogP contribution in [0.2, 0.25) is 0 Å². The topological polar surface area (TPSA) is 58.4 Å². The Kier molecular flexibility index (Phi) is 3.53. The fourth-order valence-electron chi connectivity index (χ4n) is 2.68. The summed E-state index contributed by atoms with van der Waals surface area (Å²) in [5, 5.41) is 13.0. The summed E-state index contributed by atoms with van der Waals surface area (Å²) in [6.07, 6.45) is -3.61. The summed E-state index contributed by atoms with van der Waals surface area (Å²) >= 11 is 0. The third kappa shape index (κ3) is 2.17. The van der Waals surface area contributed by atoms with E-state index in [2.05, 4.69) is 5.10 Å². The lowest BCUT2D eigenvalue weighted by Gasteiger charge is -2.29. The number of aryl methyl sites for hydroxylation is 1. The van der Waals surface area contributed by atoms with Crippen LogP contribution in [0.1, 0.15) is 25.1 Å². The van der Waals surface area contributed by atoms with Crippen LogP contribution in [0.25, 0.3) is 0 Å². The van der Waals surface area contributed by atoms with E-state index in [4.69, 9.17) is 5.11 Å². The lowest BCUT2D eigenvalue weighted by molar-refractivity contribution is -0.227. The number of hydrogen-bond donors (Lipinski definition) is 1. The number of nitrogens with zero attached hydrogens (tertiary/aromatic N) is 3. The van der Waals surface area contributed by atoms with E-state index in [0.29, 0.717) is 0 Å². The molecule has 0 saturated carbocycles. The van der Waals surface area contributed by atoms with Crippen molar-refractivity contribution < 1.29 is 23.1 Å². The molecule has 1 aliphatic heterocycles. The molecule has 1 aromatic heterocycles. The molecule has 112 valence electrons. The molecule has 0 radical (unpaired) electrons. The molecule has 0 amide bonds. The van der Waals surface area contributed by atoms with Gasteiger partial charge in [-0.2, -0.15) is 18.3 Å². The zero-order valence-corrected chi connectivity index (χ0v) is 11.2. The highest BCUT2D eigenvalue weighted by molar-refractivity contribution is 5.76. The van der Waals surface area contributed by atoms with E-state index < -0.39 is 30.5 Å². The number of carboxylic acid groups (broad SMARTS) is 1. The van der Waals surface area contributed by atoms with E-state index in [9.17, 15) is 18.0 Å². The first-order valence-corrected chi connectivity index (χ1v) is 6.21. The second-order valence-electron chi connectivity index (χ2n) is 5.16. The number of carbonyl (C=O) groups is 1. The Hall–Kier alpha value is -1.57. The number of rotatable bonds is 3. The minimum Gasteiger partial charge on any atom is -0.481 e. The summed E-state index contributed by atoms with van der Waals surface area (Å²) in [6, 6.07) is 1.41. The van der Waals surface area contributed by atoms with Gasteiger partial charge in [0.15, 0.2) is 5.41 Å². The first-order chi connectivity index (χ1) is 9.19. The van der Waals surface area contributed by atoms with Gasteiger partial charge in [-0.25, -0.2) is 0 Å². The van der Waals surface area contributed by atoms with Crippen LogP contribution in [-0.2, 0) is 11.8 Å². The van der Waals surface area contributed by atoms with Crippen molar-refractivity contribution in [2.75, 3.05) is 13.1 Å². The first kappa shape index (κ1) is 14.8. The molecule has 1 aliphatic rings. The van der Waals surface area contributed by atoms with Crippen LogP contribution in [-0.4, -0.2) is 45.0 Å². The zero-order valence-electron chi connectivity index (χ0n) is 11.2. The van der Waals surface area contributed by atoms with Crippen LogP contribution >= 0.6 is 0 Å². The fraction of sp³-hybridized carbons (Fsp3) is 0.667. The van der Waals surface area contributed by atoms with Gasteiger partial charge in [0.05, 0.1) is 5.69 Å². The highest BCUT2D eigenvalue weighted by Gasteiger charge is 2.64. The van der Waals surface area contributed by atoms with Crippen LogP contribution in [0, 0.1) is 5.41 Å². The maximum atomic E-state index is 13.1. The Balaban J connectivity index is 2.23. The fourth-order valence-corrected chi connectivity index (χ4v) is 2.68. The molecule has 1 saturated heterocycles. The van der Waals surface area contributed by atoms with Crippen molar-refractivity contribution in [1.82, 2.24) is 14.7 Å². The number of likely N-dealkylation sites (tertiary alicyclic amines) is 1. The van der Waals surface area contributed by atoms with Gasteiger partial charge in [-0.05, 0) is 19.4 Å². The van der Waals surface area contributed by atoms with Crippen molar-refractivity contribution >= 4 is 5.97 Å². The largest absolute Gasteiger partial charge is 0.481 e. The van der Waals surface area contributed by atoms with Gasteiger partial charge >= 0.3 is 12.1 Å². The van der Waals surface area contributed by atoms with Crippen LogP contribution in [0.5, 0.6) is 0 Å². The van der Waals surface area contributed by atoms with Gasteiger partial charge in [-0.15, -0.1) is 0 Å². The Morgan fingerprint density at radius 3 is 2.60 bits per heavy atom. The lowest BCUT2D eigenvalue weighted by atomic mass is 9.86. The Bertz CT molecular complexity index is 514. The molecule has 0 bridgehead atoms. The number of aromatic nitrogens is 2. The minimum absolute atomic E-state index is 0.0954. The summed E-state index contributed by atoms with van der Waals surface area (Å²) in [5.74, 6) is -1.80. The Morgan fingerprint density at radius 1 is 1.55 bits per heavy atom. The van der Waals surface area contributed by atoms with E-state index in [1.54, 1.807) is 35.8 Å². The molecular weight excluding hydrogens is 275 g/mol. The summed E-state index contributed by atoms with van der Waals surface area (Å²) in [5.41, 5.74) is -1.91. The van der Waals surface area contributed by atoms with Gasteiger partial charge in [0.1, 0.15) is 0 Å². The summed E-state index contributed by atoms with van der Waals surface area (Å²) < 4.78 is 40.9. The molecule has 2 heterocycles. The van der Waals surface area contributed by atoms with Gasteiger partial charge in [-0.3, -0.25) is 14.4 Å². The smallest absolute Gasteiger partial charge is 0.406 e. The molecule has 2 atom stereocenters. The van der Waals surface area contributed by atoms with Gasteiger partial charge in [0.2, 0.25) is 0 Å². The average Bonchev–Trinajstić information content (AvgIpc) is 2.93. The van der Waals surface area contributed by atoms with Gasteiger partial charge in [0, 0.05) is 32.4 Å². The summed E-state index contributed by atoms with van der Waals surface area (Å²) in [4.78, 5) is 12.7. The second kappa shape index (κ2) is 4.76. The second-order valence-corrected chi connectivity index (χ2v) is 5.16. The summed E-state index contributed by atoms with van der Waals surface area (Å²) in [7, 11) is 1.70. The highest BCUT2D eigenvalue weighted by Crippen LogP contribution is 2.47.